The molecule has 0 spiro atoms. The van der Waals surface area contributed by atoms with Gasteiger partial charge < -0.3 is 15.5 Å². The highest BCUT2D eigenvalue weighted by Crippen LogP contribution is 2.23. The number of H-pyrrole nitrogens is 1. The number of hydrogen-bond donors (Lipinski definition) is 3. The van der Waals surface area contributed by atoms with Gasteiger partial charge in [0.25, 0.3) is 0 Å². The van der Waals surface area contributed by atoms with Gasteiger partial charge in [0.15, 0.2) is 0 Å². The van der Waals surface area contributed by atoms with Crippen LogP contribution in [-0.4, -0.2) is 46.2 Å². The molecule has 1 aromatic heterocycles. The van der Waals surface area contributed by atoms with Crippen molar-refractivity contribution >= 4 is 17.6 Å². The predicted molar refractivity (Wildman–Crippen MR) is 102 cm³/mol. The van der Waals surface area contributed by atoms with Crippen LogP contribution in [0.15, 0.2) is 24.3 Å². The summed E-state index contributed by atoms with van der Waals surface area (Å²) in [7, 11) is 0. The molecule has 8 heteroatoms. The molecule has 1 fully saturated rings. The molecule has 1 atom stereocenters. The van der Waals surface area contributed by atoms with Gasteiger partial charge in [0.1, 0.15) is 5.82 Å². The molecule has 3 N–H and O–H groups in total. The maximum Gasteiger partial charge on any atom is 0.319 e. The molecule has 4 rings (SSSR count). The lowest BCUT2D eigenvalue weighted by Gasteiger charge is -2.18. The minimum atomic E-state index is -0.354. The van der Waals surface area contributed by atoms with Gasteiger partial charge in [-0.05, 0) is 61.9 Å². The molecule has 1 aromatic carbocycles. The number of anilines is 1. The largest absolute Gasteiger partial charge is 0.340 e. The second-order valence-corrected chi connectivity index (χ2v) is 7.44. The van der Waals surface area contributed by atoms with E-state index in [0.717, 1.165) is 25.0 Å². The Morgan fingerprint density at radius 3 is 2.82 bits per heavy atom. The molecule has 2 heterocycles. The van der Waals surface area contributed by atoms with Crippen LogP contribution >= 0.6 is 0 Å². The Kier molecular flexibility index (Phi) is 5.27. The van der Waals surface area contributed by atoms with Crippen molar-refractivity contribution in [3.63, 3.8) is 0 Å². The molecule has 1 aliphatic heterocycles. The molecule has 3 amide bonds. The summed E-state index contributed by atoms with van der Waals surface area (Å²) in [5.74, 6) is -0.308. The minimum Gasteiger partial charge on any atom is -0.340 e. The molecule has 1 saturated heterocycles. The zero-order valence-electron chi connectivity index (χ0n) is 15.6. The highest BCUT2D eigenvalue weighted by atomic mass is 19.1. The van der Waals surface area contributed by atoms with Crippen LogP contribution in [0.1, 0.15) is 36.2 Å². The van der Waals surface area contributed by atoms with Crippen LogP contribution in [0.5, 0.6) is 0 Å². The number of urea groups is 1. The smallest absolute Gasteiger partial charge is 0.319 e. The van der Waals surface area contributed by atoms with E-state index in [1.54, 1.807) is 4.90 Å². The molecule has 28 heavy (non-hydrogen) atoms. The van der Waals surface area contributed by atoms with Crippen LogP contribution in [0.3, 0.4) is 0 Å². The average Bonchev–Trinajstić information content (AvgIpc) is 3.31. The Morgan fingerprint density at radius 2 is 2.00 bits per heavy atom. The Balaban J connectivity index is 1.27. The van der Waals surface area contributed by atoms with E-state index in [1.807, 2.05) is 0 Å². The second kappa shape index (κ2) is 8.00. The van der Waals surface area contributed by atoms with E-state index in [9.17, 15) is 14.0 Å². The topological polar surface area (TPSA) is 90.1 Å². The number of rotatable bonds is 4. The maximum atomic E-state index is 12.9. The van der Waals surface area contributed by atoms with Crippen molar-refractivity contribution in [3.8, 4) is 0 Å². The van der Waals surface area contributed by atoms with E-state index in [-0.39, 0.29) is 23.8 Å². The van der Waals surface area contributed by atoms with Crippen molar-refractivity contribution in [3.05, 3.63) is 47.0 Å². The van der Waals surface area contributed by atoms with Crippen molar-refractivity contribution in [1.29, 1.82) is 0 Å². The van der Waals surface area contributed by atoms with Crippen molar-refractivity contribution in [2.24, 2.45) is 0 Å². The van der Waals surface area contributed by atoms with Gasteiger partial charge in [-0.25, -0.2) is 9.18 Å². The average molecular weight is 385 g/mol. The van der Waals surface area contributed by atoms with Crippen LogP contribution in [0.25, 0.3) is 0 Å². The third kappa shape index (κ3) is 4.16. The number of aryl methyl sites for hydroxylation is 1. The molecule has 148 valence electrons. The number of fused-ring (bicyclic) bond motifs is 1. The van der Waals surface area contributed by atoms with Crippen molar-refractivity contribution in [2.75, 3.05) is 18.4 Å². The van der Waals surface area contributed by atoms with Gasteiger partial charge in [-0.2, -0.15) is 5.10 Å². The lowest BCUT2D eigenvalue weighted by Crippen LogP contribution is -2.41. The number of aromatic amines is 1. The molecule has 0 radical (unpaired) electrons. The molecule has 1 unspecified atom stereocenters. The highest BCUT2D eigenvalue weighted by Gasteiger charge is 2.28. The van der Waals surface area contributed by atoms with Crippen LogP contribution in [0, 0.1) is 5.82 Å². The number of benzene rings is 1. The molecular formula is C20H24FN5O2. The summed E-state index contributed by atoms with van der Waals surface area (Å²) < 4.78 is 12.9. The SMILES string of the molecule is O=C(Nc1ccc(F)cc1)NC1CCN(C(=O)Cc2n[nH]c3c2CCCC3)C1. The van der Waals surface area contributed by atoms with Gasteiger partial charge in [0.05, 0.1) is 12.1 Å². The van der Waals surface area contributed by atoms with Crippen molar-refractivity contribution in [1.82, 2.24) is 20.4 Å². The fourth-order valence-corrected chi connectivity index (χ4v) is 3.94. The van der Waals surface area contributed by atoms with Crippen LogP contribution in [-0.2, 0) is 24.1 Å². The van der Waals surface area contributed by atoms with Crippen LogP contribution < -0.4 is 10.6 Å². The van der Waals surface area contributed by atoms with Gasteiger partial charge >= 0.3 is 6.03 Å². The standard InChI is InChI=1S/C20H24FN5O2/c21-13-5-7-14(8-6-13)22-20(28)23-15-9-10-26(12-15)19(27)11-18-16-3-1-2-4-17(16)24-25-18/h5-8,15H,1-4,9-12H2,(H,24,25)(H2,22,23,28). The zero-order chi connectivity index (χ0) is 19.5. The molecule has 7 nitrogen and oxygen atoms in total. The highest BCUT2D eigenvalue weighted by molar-refractivity contribution is 5.89. The van der Waals surface area contributed by atoms with E-state index in [0.29, 0.717) is 31.6 Å². The Labute approximate surface area is 162 Å². The number of carbonyl (C=O) groups excluding carboxylic acids is 2. The van der Waals surface area contributed by atoms with Gasteiger partial charge in [0.2, 0.25) is 5.91 Å². The zero-order valence-corrected chi connectivity index (χ0v) is 15.6. The first kappa shape index (κ1) is 18.5. The van der Waals surface area contributed by atoms with Crippen LogP contribution in [0.4, 0.5) is 14.9 Å². The van der Waals surface area contributed by atoms with Crippen molar-refractivity contribution in [2.45, 2.75) is 44.6 Å². The fraction of sp³-hybridized carbons (Fsp3) is 0.450. The summed E-state index contributed by atoms with van der Waals surface area (Å²) >= 11 is 0. The fourth-order valence-electron chi connectivity index (χ4n) is 3.94. The Morgan fingerprint density at radius 1 is 1.21 bits per heavy atom. The molecule has 2 aromatic rings. The Hall–Kier alpha value is -2.90. The molecule has 0 bridgehead atoms. The van der Waals surface area contributed by atoms with Crippen LogP contribution in [0.2, 0.25) is 0 Å². The lowest BCUT2D eigenvalue weighted by atomic mass is 9.95. The predicted octanol–water partition coefficient (Wildman–Crippen LogP) is 2.39. The summed E-state index contributed by atoms with van der Waals surface area (Å²) in [5.41, 5.74) is 3.78. The maximum absolute atomic E-state index is 12.9. The first-order chi connectivity index (χ1) is 13.6. The third-order valence-corrected chi connectivity index (χ3v) is 5.44. The molecule has 0 saturated carbocycles. The quantitative estimate of drug-likeness (QED) is 0.755. The van der Waals surface area contributed by atoms with Gasteiger partial charge in [-0.3, -0.25) is 9.89 Å². The van der Waals surface area contributed by atoms with E-state index >= 15 is 0 Å². The van der Waals surface area contributed by atoms with E-state index in [4.69, 9.17) is 0 Å². The number of halogens is 1. The number of aromatic nitrogens is 2. The summed E-state index contributed by atoms with van der Waals surface area (Å²) in [6.45, 7) is 1.11. The van der Waals surface area contributed by atoms with Gasteiger partial charge in [-0.15, -0.1) is 0 Å². The number of nitrogens with zero attached hydrogens (tertiary/aromatic N) is 2. The molecular weight excluding hydrogens is 361 g/mol. The summed E-state index contributed by atoms with van der Waals surface area (Å²) in [4.78, 5) is 26.6. The Bertz CT molecular complexity index is 864. The molecule has 2 aliphatic rings. The number of likely N-dealkylation sites (tertiary alicyclic amines) is 1. The van der Waals surface area contributed by atoms with E-state index in [2.05, 4.69) is 20.8 Å². The van der Waals surface area contributed by atoms with Gasteiger partial charge in [0, 0.05) is 30.5 Å². The normalized spacial score (nSPS) is 18.6. The minimum absolute atomic E-state index is 0.0446. The second-order valence-electron chi connectivity index (χ2n) is 7.44. The number of amides is 3. The lowest BCUT2D eigenvalue weighted by molar-refractivity contribution is -0.129. The number of carbonyl (C=O) groups is 2. The summed E-state index contributed by atoms with van der Waals surface area (Å²) in [6, 6.07) is 5.14. The van der Waals surface area contributed by atoms with Crippen molar-refractivity contribution < 1.29 is 14.0 Å². The first-order valence-corrected chi connectivity index (χ1v) is 9.74. The van der Waals surface area contributed by atoms with E-state index in [1.165, 1.54) is 41.9 Å². The monoisotopic (exact) mass is 385 g/mol. The molecule has 1 aliphatic carbocycles. The summed E-state index contributed by atoms with van der Waals surface area (Å²) in [5, 5.41) is 13.0. The number of hydrogen-bond acceptors (Lipinski definition) is 3. The third-order valence-electron chi connectivity index (χ3n) is 5.44. The summed E-state index contributed by atoms with van der Waals surface area (Å²) in [6.07, 6.45) is 5.33. The number of nitrogens with one attached hydrogen (secondary N) is 3. The first-order valence-electron chi connectivity index (χ1n) is 9.74. The van der Waals surface area contributed by atoms with Gasteiger partial charge in [-0.1, -0.05) is 0 Å². The van der Waals surface area contributed by atoms with E-state index < -0.39 is 0 Å².